The van der Waals surface area contributed by atoms with E-state index in [0.717, 1.165) is 14.2 Å². The van der Waals surface area contributed by atoms with Gasteiger partial charge < -0.3 is 45.7 Å². The average molecular weight is 884 g/mol. The Morgan fingerprint density at radius 2 is 0.400 bits per heavy atom. The molecule has 45 heavy (non-hydrogen) atoms. The van der Waals surface area contributed by atoms with E-state index in [9.17, 15) is 0 Å². The first-order chi connectivity index (χ1) is 19.5. The quantitative estimate of drug-likeness (QED) is 0.159. The molecule has 3 aliphatic rings. The summed E-state index contributed by atoms with van der Waals surface area (Å²) in [7, 11) is 2.00. The molecular formula is C29H49LiMo3O12. The van der Waals surface area contributed by atoms with Crippen molar-refractivity contribution < 1.29 is 141 Å². The number of carbonyl (C=O) groups excluding carboxylic acids is 4. The molecule has 0 atom stereocenters. The molecule has 0 aromatic heterocycles. The van der Waals surface area contributed by atoms with Gasteiger partial charge in [-0.25, -0.2) is 0 Å². The molecule has 256 valence electrons. The van der Waals surface area contributed by atoms with Crippen LogP contribution in [0.2, 0.25) is 0 Å². The second-order valence-electron chi connectivity index (χ2n) is 5.30. The normalized spacial score (nSPS) is 8.89. The molecule has 0 unspecified atom stereocenters. The molecule has 0 radical (unpaired) electrons. The summed E-state index contributed by atoms with van der Waals surface area (Å²) in [5.74, 6) is 0. The van der Waals surface area contributed by atoms with Crippen LogP contribution in [0, 0.1) is 54.8 Å². The Hall–Kier alpha value is -0.298. The summed E-state index contributed by atoms with van der Waals surface area (Å²) in [6, 6.07) is 0. The van der Waals surface area contributed by atoms with Crippen LogP contribution in [-0.2, 0) is 110 Å². The molecule has 12 nitrogen and oxygen atoms in total. The molecule has 3 rings (SSSR count). The van der Waals surface area contributed by atoms with Crippen LogP contribution < -0.4 is 18.9 Å². The van der Waals surface area contributed by atoms with Crippen LogP contribution >= 0.6 is 0 Å². The van der Waals surface area contributed by atoms with Crippen molar-refractivity contribution in [3.63, 3.8) is 0 Å². The molecular weight excluding hydrogens is 835 g/mol. The molecule has 3 aliphatic carbocycles. The van der Waals surface area contributed by atoms with Crippen LogP contribution in [0.25, 0.3) is 0 Å². The first-order valence-electron chi connectivity index (χ1n) is 10.6. The Kier molecular flexibility index (Phi) is 981. The van der Waals surface area contributed by atoms with Gasteiger partial charge in [0, 0.05) is 35.3 Å². The fourth-order valence-electron chi connectivity index (χ4n) is 2.65. The van der Waals surface area contributed by atoms with Gasteiger partial charge in [0.2, 0.25) is 0 Å². The molecule has 0 bridgehead atoms. The third kappa shape index (κ3) is 352. The molecule has 3 saturated carbocycles. The number of hydrogen-bond acceptors (Lipinski definition) is 6. The van der Waals surface area contributed by atoms with Gasteiger partial charge in [-0.1, -0.05) is 96.3 Å². The van der Waals surface area contributed by atoms with Crippen LogP contribution in [0.1, 0.15) is 97.7 Å². The van der Waals surface area contributed by atoms with Crippen molar-refractivity contribution in [2.75, 3.05) is 14.2 Å². The monoisotopic (exact) mass is 890 g/mol. The summed E-state index contributed by atoms with van der Waals surface area (Å²) >= 11 is 0. The number of rotatable bonds is 0. The minimum Gasteiger partial charge on any atom is -1.00 e. The maximum absolute atomic E-state index is 7.75. The summed E-state index contributed by atoms with van der Waals surface area (Å²) in [4.78, 5) is 31.0. The SMILES string of the molecule is C1CCCC1.C1CCCC1.C1CCCC1.CO.CO.[C-]#[O+].[C-]#[O+].[C-]#[O+].[C-]#[O+].[C-]#[O+].[C-]#[O+].[CH-]=O.[CH-]=O.[CH-]=O.[CH-]=O.[CH3-].[CH3-].[H-].[Li+].[Mo+2].[Mo+4].[Mo]. The number of aliphatic hydroxyl groups excluding tert-OH is 2. The standard InChI is InChI=1S/3C5H10.2CH4O.4CHO.6CO.2CH3.Li.3Mo.H/c3*1-2-4-5-3-1;12*1-2;;;;;;;/h3*1-5H2;2*2H,1H3;4*1H;;;;;;;2*1H3;;;;;/q;;;;;4*-1;;;;;;;2*-1;+1;;+2;+4;-1. The van der Waals surface area contributed by atoms with Crippen LogP contribution in [0.4, 0.5) is 0 Å². The first kappa shape index (κ1) is 120. The van der Waals surface area contributed by atoms with E-state index in [-0.39, 0.29) is 98.3 Å². The van der Waals surface area contributed by atoms with Gasteiger partial charge in [0.15, 0.2) is 0 Å². The van der Waals surface area contributed by atoms with Crippen LogP contribution in [0.3, 0.4) is 0 Å². The van der Waals surface area contributed by atoms with Crippen molar-refractivity contribution in [3.8, 4) is 0 Å². The molecule has 0 spiro atoms. The van der Waals surface area contributed by atoms with Gasteiger partial charge in [0.25, 0.3) is 0 Å². The Morgan fingerprint density at radius 3 is 0.422 bits per heavy atom. The third-order valence-electron chi connectivity index (χ3n) is 3.75. The van der Waals surface area contributed by atoms with E-state index in [4.69, 9.17) is 57.3 Å². The Labute approximate surface area is 330 Å². The molecule has 16 heteroatoms. The van der Waals surface area contributed by atoms with Crippen LogP contribution in [0.15, 0.2) is 0 Å². The van der Waals surface area contributed by atoms with Crippen LogP contribution in [-0.4, -0.2) is 51.6 Å². The molecule has 0 amide bonds. The van der Waals surface area contributed by atoms with Crippen molar-refractivity contribution >= 4 is 27.2 Å². The van der Waals surface area contributed by atoms with E-state index in [1.165, 1.54) is 96.3 Å². The Bertz CT molecular complexity index is 309. The summed E-state index contributed by atoms with van der Waals surface area (Å²) in [6.07, 6.45) is 22.5. The molecule has 0 aliphatic heterocycles. The zero-order chi connectivity index (χ0) is 34.6. The average Bonchev–Trinajstić information content (AvgIpc) is 3.96. The van der Waals surface area contributed by atoms with Gasteiger partial charge in [0.1, 0.15) is 0 Å². The second-order valence-corrected chi connectivity index (χ2v) is 5.30. The molecule has 2 N–H and O–H groups in total. The largest absolute Gasteiger partial charge is 4.00 e. The van der Waals surface area contributed by atoms with Crippen molar-refractivity contribution in [2.45, 2.75) is 96.3 Å². The smallest absolute Gasteiger partial charge is 1.00 e. The molecule has 0 aromatic rings. The predicted octanol–water partition coefficient (Wildman–Crippen LogP) is 1.76. The minimum atomic E-state index is 0. The maximum atomic E-state index is 7.75. The fraction of sp³-hybridized carbons (Fsp3) is 0.586. The zero-order valence-corrected chi connectivity index (χ0v) is 33.1. The minimum absolute atomic E-state index is 0. The van der Waals surface area contributed by atoms with Gasteiger partial charge in [-0.2, -0.15) is 0 Å². The van der Waals surface area contributed by atoms with Gasteiger partial charge in [0.05, 0.1) is 0 Å². The van der Waals surface area contributed by atoms with Crippen molar-refractivity contribution in [3.05, 3.63) is 54.8 Å². The van der Waals surface area contributed by atoms with Crippen molar-refractivity contribution in [2.24, 2.45) is 0 Å². The Balaban J connectivity index is -0.0000000101. The topological polar surface area (TPSA) is 228 Å². The first-order valence-corrected chi connectivity index (χ1v) is 10.6. The van der Waals surface area contributed by atoms with E-state index >= 15 is 0 Å². The summed E-state index contributed by atoms with van der Waals surface area (Å²) in [5.41, 5.74) is 0. The maximum Gasteiger partial charge on any atom is 4.00 e. The van der Waals surface area contributed by atoms with E-state index in [0.29, 0.717) is 0 Å². The fourth-order valence-corrected chi connectivity index (χ4v) is 2.65. The molecule has 3 fully saturated rings. The molecule has 0 saturated heterocycles. The van der Waals surface area contributed by atoms with Crippen molar-refractivity contribution in [1.82, 2.24) is 0 Å². The zero-order valence-electron chi connectivity index (χ0n) is 28.1. The summed E-state index contributed by atoms with van der Waals surface area (Å²) < 4.78 is 45.0. The van der Waals surface area contributed by atoms with E-state index in [1.807, 2.05) is 0 Å². The van der Waals surface area contributed by atoms with E-state index in [1.54, 1.807) is 0 Å². The number of aliphatic hydroxyl groups is 2. The van der Waals surface area contributed by atoms with E-state index < -0.39 is 0 Å². The van der Waals surface area contributed by atoms with Gasteiger partial charge in [-0.3, -0.25) is 27.2 Å². The van der Waals surface area contributed by atoms with Gasteiger partial charge >= 0.3 is 129 Å². The van der Waals surface area contributed by atoms with Crippen molar-refractivity contribution in [1.29, 1.82) is 0 Å². The summed E-state index contributed by atoms with van der Waals surface area (Å²) in [5, 5.41) is 14.0. The predicted molar refractivity (Wildman–Crippen MR) is 150 cm³/mol. The Morgan fingerprint density at radius 1 is 0.378 bits per heavy atom. The molecule has 0 aromatic carbocycles. The van der Waals surface area contributed by atoms with Gasteiger partial charge in [-0.15, -0.1) is 0 Å². The molecule has 0 heterocycles. The summed E-state index contributed by atoms with van der Waals surface area (Å²) in [6.45, 7) is 40.0. The van der Waals surface area contributed by atoms with E-state index in [2.05, 4.69) is 67.1 Å². The second kappa shape index (κ2) is 369. The van der Waals surface area contributed by atoms with Gasteiger partial charge in [-0.05, 0) is 0 Å². The van der Waals surface area contributed by atoms with Crippen LogP contribution in [0.5, 0.6) is 0 Å². The third-order valence-corrected chi connectivity index (χ3v) is 3.75. The number of hydrogen-bond donors (Lipinski definition) is 2.